The van der Waals surface area contributed by atoms with Crippen molar-refractivity contribution in [1.82, 2.24) is 0 Å². The first-order chi connectivity index (χ1) is 15.4. The standard InChI is InChI=1S/C30H37NOS/c1-28(2,3)19-29(4,5)21-17-22(27-31-24-15-11-12-16-25(24)33-27)26(32)23(18-21)30(6,7)20-13-9-8-10-14-20/h8-18,27,31-32H,19H2,1-7H3. The maximum Gasteiger partial charge on any atom is 0.125 e. The Kier molecular flexibility index (Phi) is 6.07. The number of aromatic hydroxyl groups is 1. The largest absolute Gasteiger partial charge is 0.507 e. The number of phenols is 1. The summed E-state index contributed by atoms with van der Waals surface area (Å²) in [6.07, 6.45) is 1.06. The predicted octanol–water partition coefficient (Wildman–Crippen LogP) is 8.65. The topological polar surface area (TPSA) is 32.3 Å². The fourth-order valence-corrected chi connectivity index (χ4v) is 6.45. The lowest BCUT2D eigenvalue weighted by Crippen LogP contribution is -2.27. The van der Waals surface area contributed by atoms with Gasteiger partial charge in [0.25, 0.3) is 0 Å². The molecule has 1 atom stereocenters. The van der Waals surface area contributed by atoms with Crippen LogP contribution in [0.25, 0.3) is 0 Å². The van der Waals surface area contributed by atoms with Gasteiger partial charge in [0, 0.05) is 27.1 Å². The van der Waals surface area contributed by atoms with Gasteiger partial charge in [-0.2, -0.15) is 0 Å². The highest BCUT2D eigenvalue weighted by atomic mass is 32.2. The van der Waals surface area contributed by atoms with E-state index in [9.17, 15) is 5.11 Å². The minimum Gasteiger partial charge on any atom is -0.507 e. The molecule has 2 nitrogen and oxygen atoms in total. The number of benzene rings is 3. The third-order valence-electron chi connectivity index (χ3n) is 6.76. The zero-order chi connectivity index (χ0) is 24.0. The molecule has 0 saturated carbocycles. The number of phenolic OH excluding ortho intramolecular Hbond substituents is 1. The van der Waals surface area contributed by atoms with Gasteiger partial charge in [0.15, 0.2) is 0 Å². The van der Waals surface area contributed by atoms with Crippen molar-refractivity contribution in [2.24, 2.45) is 5.41 Å². The van der Waals surface area contributed by atoms with Gasteiger partial charge in [0.1, 0.15) is 11.1 Å². The Balaban J connectivity index is 1.87. The molecule has 0 aliphatic carbocycles. The van der Waals surface area contributed by atoms with Crippen LogP contribution in [-0.2, 0) is 10.8 Å². The van der Waals surface area contributed by atoms with Crippen LogP contribution >= 0.6 is 11.8 Å². The molecule has 0 bridgehead atoms. The molecule has 1 aliphatic heterocycles. The van der Waals surface area contributed by atoms with Crippen LogP contribution in [0.15, 0.2) is 71.6 Å². The fourth-order valence-electron chi connectivity index (χ4n) is 5.29. The van der Waals surface area contributed by atoms with Crippen LogP contribution in [0.3, 0.4) is 0 Å². The summed E-state index contributed by atoms with van der Waals surface area (Å²) in [6, 6.07) is 23.4. The first-order valence-corrected chi connectivity index (χ1v) is 12.7. The molecule has 4 rings (SSSR count). The quantitative estimate of drug-likeness (QED) is 0.400. The lowest BCUT2D eigenvalue weighted by Gasteiger charge is -2.36. The van der Waals surface area contributed by atoms with E-state index < -0.39 is 0 Å². The van der Waals surface area contributed by atoms with Crippen molar-refractivity contribution in [2.45, 2.75) is 76.0 Å². The first-order valence-electron chi connectivity index (χ1n) is 11.8. The van der Waals surface area contributed by atoms with Crippen LogP contribution in [0.5, 0.6) is 5.75 Å². The molecule has 174 valence electrons. The van der Waals surface area contributed by atoms with Crippen LogP contribution < -0.4 is 5.32 Å². The van der Waals surface area contributed by atoms with Gasteiger partial charge >= 0.3 is 0 Å². The van der Waals surface area contributed by atoms with Gasteiger partial charge in [-0.1, -0.05) is 109 Å². The minimum absolute atomic E-state index is 0.0156. The van der Waals surface area contributed by atoms with E-state index >= 15 is 0 Å². The molecule has 3 heteroatoms. The van der Waals surface area contributed by atoms with Crippen LogP contribution in [0.2, 0.25) is 0 Å². The third kappa shape index (κ3) is 4.80. The zero-order valence-corrected chi connectivity index (χ0v) is 21.8. The van der Waals surface area contributed by atoms with Crippen molar-refractivity contribution in [3.63, 3.8) is 0 Å². The minimum atomic E-state index is -0.329. The highest BCUT2D eigenvalue weighted by molar-refractivity contribution is 8.00. The van der Waals surface area contributed by atoms with Crippen molar-refractivity contribution in [3.8, 4) is 5.75 Å². The molecular weight excluding hydrogens is 422 g/mol. The highest BCUT2D eigenvalue weighted by Crippen LogP contribution is 2.52. The molecule has 0 saturated heterocycles. The SMILES string of the molecule is CC(C)(C)CC(C)(C)c1cc(C2Nc3ccccc3S2)c(O)c(C(C)(C)c2ccccc2)c1. The van der Waals surface area contributed by atoms with Gasteiger partial charge < -0.3 is 10.4 Å². The van der Waals surface area contributed by atoms with E-state index in [1.807, 2.05) is 6.07 Å². The molecule has 0 spiro atoms. The molecule has 0 amide bonds. The number of fused-ring (bicyclic) bond motifs is 1. The lowest BCUT2D eigenvalue weighted by molar-refractivity contribution is 0.283. The first kappa shape index (κ1) is 23.8. The summed E-state index contributed by atoms with van der Waals surface area (Å²) in [6.45, 7) is 16.0. The zero-order valence-electron chi connectivity index (χ0n) is 21.0. The number of thioether (sulfide) groups is 1. The van der Waals surface area contributed by atoms with E-state index in [-0.39, 0.29) is 21.6 Å². The molecule has 33 heavy (non-hydrogen) atoms. The lowest BCUT2D eigenvalue weighted by atomic mass is 9.69. The molecule has 3 aromatic carbocycles. The van der Waals surface area contributed by atoms with Gasteiger partial charge in [0.2, 0.25) is 0 Å². The number of nitrogens with one attached hydrogen (secondary N) is 1. The fraction of sp³-hybridized carbons (Fsp3) is 0.400. The maximum absolute atomic E-state index is 11.7. The molecule has 0 aromatic heterocycles. The smallest absolute Gasteiger partial charge is 0.125 e. The van der Waals surface area contributed by atoms with Gasteiger partial charge in [-0.25, -0.2) is 0 Å². The Morgan fingerprint density at radius 1 is 0.818 bits per heavy atom. The van der Waals surface area contributed by atoms with E-state index in [2.05, 4.69) is 114 Å². The summed E-state index contributed by atoms with van der Waals surface area (Å²) in [4.78, 5) is 1.23. The maximum atomic E-state index is 11.7. The van der Waals surface area contributed by atoms with E-state index in [0.29, 0.717) is 5.75 Å². The summed E-state index contributed by atoms with van der Waals surface area (Å²) in [5, 5.41) is 15.3. The van der Waals surface area contributed by atoms with E-state index in [1.165, 1.54) is 16.0 Å². The van der Waals surface area contributed by atoms with Gasteiger partial charge in [0.05, 0.1) is 0 Å². The van der Waals surface area contributed by atoms with Gasteiger partial charge in [-0.15, -0.1) is 0 Å². The van der Waals surface area contributed by atoms with Crippen LogP contribution in [0, 0.1) is 5.41 Å². The van der Waals surface area contributed by atoms with Gasteiger partial charge in [-0.05, 0) is 46.6 Å². The van der Waals surface area contributed by atoms with Crippen molar-refractivity contribution in [1.29, 1.82) is 0 Å². The number of hydrogen-bond donors (Lipinski definition) is 2. The van der Waals surface area contributed by atoms with Crippen molar-refractivity contribution in [2.75, 3.05) is 5.32 Å². The van der Waals surface area contributed by atoms with Crippen LogP contribution in [0.1, 0.15) is 82.5 Å². The summed E-state index contributed by atoms with van der Waals surface area (Å²) < 4.78 is 0. The van der Waals surface area contributed by atoms with E-state index in [4.69, 9.17) is 0 Å². The number of rotatable bonds is 5. The Hall–Kier alpha value is -2.39. The van der Waals surface area contributed by atoms with Gasteiger partial charge in [-0.3, -0.25) is 0 Å². The van der Waals surface area contributed by atoms with Crippen molar-refractivity contribution in [3.05, 3.63) is 89.0 Å². The average Bonchev–Trinajstić information content (AvgIpc) is 3.16. The molecule has 0 fully saturated rings. The summed E-state index contributed by atoms with van der Waals surface area (Å²) in [5.74, 6) is 0.400. The third-order valence-corrected chi connectivity index (χ3v) is 7.98. The molecule has 0 radical (unpaired) electrons. The summed E-state index contributed by atoms with van der Waals surface area (Å²) in [5.41, 5.74) is 5.41. The molecular formula is C30H37NOS. The number of para-hydroxylation sites is 1. The molecule has 2 N–H and O–H groups in total. The molecule has 3 aromatic rings. The second-order valence-corrected chi connectivity index (χ2v) is 12.9. The molecule has 1 aliphatic rings. The van der Waals surface area contributed by atoms with Crippen LogP contribution in [0.4, 0.5) is 5.69 Å². The Morgan fingerprint density at radius 3 is 2.09 bits per heavy atom. The second-order valence-electron chi connectivity index (χ2n) is 11.7. The Bertz CT molecular complexity index is 1120. The summed E-state index contributed by atoms with van der Waals surface area (Å²) >= 11 is 1.78. The number of hydrogen-bond acceptors (Lipinski definition) is 3. The van der Waals surface area contributed by atoms with Crippen molar-refractivity contribution < 1.29 is 5.11 Å². The predicted molar refractivity (Wildman–Crippen MR) is 142 cm³/mol. The second kappa shape index (κ2) is 8.43. The monoisotopic (exact) mass is 459 g/mol. The summed E-state index contributed by atoms with van der Waals surface area (Å²) in [7, 11) is 0. The average molecular weight is 460 g/mol. The molecule has 1 unspecified atom stereocenters. The van der Waals surface area contributed by atoms with E-state index in [1.54, 1.807) is 11.8 Å². The molecule has 1 heterocycles. The van der Waals surface area contributed by atoms with Crippen LogP contribution in [-0.4, -0.2) is 5.11 Å². The Morgan fingerprint density at radius 2 is 1.45 bits per heavy atom. The normalized spacial score (nSPS) is 16.4. The van der Waals surface area contributed by atoms with E-state index in [0.717, 1.165) is 23.2 Å². The Labute approximate surface area is 203 Å². The number of anilines is 1. The van der Waals surface area contributed by atoms with Crippen molar-refractivity contribution >= 4 is 17.4 Å². The highest BCUT2D eigenvalue weighted by Gasteiger charge is 2.35.